The smallest absolute Gasteiger partial charge is 0.223 e. The lowest BCUT2D eigenvalue weighted by atomic mass is 10.3. The number of nitrogens with zero attached hydrogens (tertiary/aromatic N) is 3. The largest absolute Gasteiger partial charge is 0.369 e. The van der Waals surface area contributed by atoms with Crippen LogP contribution < -0.4 is 11.1 Å². The molecule has 2 aromatic rings. The van der Waals surface area contributed by atoms with Gasteiger partial charge in [-0.05, 0) is 46.5 Å². The van der Waals surface area contributed by atoms with E-state index in [0.717, 1.165) is 35.5 Å². The molecule has 0 saturated carbocycles. The highest BCUT2D eigenvalue weighted by atomic mass is 32.1. The van der Waals surface area contributed by atoms with E-state index in [-0.39, 0.29) is 0 Å². The molecule has 0 fully saturated rings. The van der Waals surface area contributed by atoms with Gasteiger partial charge < -0.3 is 16.0 Å². The van der Waals surface area contributed by atoms with Crippen molar-refractivity contribution in [3.63, 3.8) is 0 Å². The fourth-order valence-electron chi connectivity index (χ4n) is 1.95. The summed E-state index contributed by atoms with van der Waals surface area (Å²) < 4.78 is 0. The molecule has 0 unspecified atom stereocenters. The summed E-state index contributed by atoms with van der Waals surface area (Å²) in [4.78, 5) is 12.9. The van der Waals surface area contributed by atoms with Gasteiger partial charge in [-0.15, -0.1) is 11.3 Å². The lowest BCUT2D eigenvalue weighted by Crippen LogP contribution is -2.14. The highest BCUT2D eigenvalue weighted by Crippen LogP contribution is 2.28. The van der Waals surface area contributed by atoms with Crippen molar-refractivity contribution in [3.05, 3.63) is 10.9 Å². The van der Waals surface area contributed by atoms with Crippen LogP contribution in [-0.2, 0) is 0 Å². The minimum atomic E-state index is 0.338. The molecular formula is C13H21N5S. The van der Waals surface area contributed by atoms with E-state index in [2.05, 4.69) is 47.3 Å². The van der Waals surface area contributed by atoms with Crippen LogP contribution in [0, 0.1) is 6.92 Å². The van der Waals surface area contributed by atoms with E-state index in [1.165, 1.54) is 11.3 Å². The fraction of sp³-hybridized carbons (Fsp3) is 0.538. The zero-order valence-corrected chi connectivity index (χ0v) is 12.5. The lowest BCUT2D eigenvalue weighted by molar-refractivity contribution is 0.396. The van der Waals surface area contributed by atoms with Crippen LogP contribution in [0.25, 0.3) is 10.2 Å². The average molecular weight is 279 g/mol. The summed E-state index contributed by atoms with van der Waals surface area (Å²) in [6.45, 7) is 4.10. The number of aryl methyl sites for hydroxylation is 1. The van der Waals surface area contributed by atoms with E-state index >= 15 is 0 Å². The molecule has 0 saturated heterocycles. The molecule has 0 radical (unpaired) electrons. The van der Waals surface area contributed by atoms with Crippen LogP contribution >= 0.6 is 11.3 Å². The van der Waals surface area contributed by atoms with E-state index in [0.29, 0.717) is 5.95 Å². The van der Waals surface area contributed by atoms with Gasteiger partial charge in [0.1, 0.15) is 10.6 Å². The van der Waals surface area contributed by atoms with Crippen LogP contribution in [0.3, 0.4) is 0 Å². The van der Waals surface area contributed by atoms with Gasteiger partial charge in [-0.1, -0.05) is 0 Å². The molecule has 0 aliphatic rings. The number of nitrogens with two attached hydrogens (primary N) is 1. The third-order valence-electron chi connectivity index (χ3n) is 2.86. The molecule has 2 rings (SSSR count). The predicted molar refractivity (Wildman–Crippen MR) is 82.8 cm³/mol. The monoisotopic (exact) mass is 279 g/mol. The summed E-state index contributed by atoms with van der Waals surface area (Å²) in [5.41, 5.74) is 5.74. The lowest BCUT2D eigenvalue weighted by Gasteiger charge is -2.10. The number of nitrogen functional groups attached to an aromatic ring is 1. The Morgan fingerprint density at radius 3 is 2.84 bits per heavy atom. The molecule has 0 amide bonds. The zero-order chi connectivity index (χ0) is 13.8. The van der Waals surface area contributed by atoms with Gasteiger partial charge >= 0.3 is 0 Å². The van der Waals surface area contributed by atoms with Gasteiger partial charge in [-0.3, -0.25) is 0 Å². The third-order valence-corrected chi connectivity index (χ3v) is 3.80. The number of fused-ring (bicyclic) bond motifs is 1. The van der Waals surface area contributed by atoms with Crippen LogP contribution in [-0.4, -0.2) is 42.1 Å². The first kappa shape index (κ1) is 14.0. The summed E-state index contributed by atoms with van der Waals surface area (Å²) in [6.07, 6.45) is 2.29. The fourth-order valence-corrected chi connectivity index (χ4v) is 2.84. The first-order valence-corrected chi connectivity index (χ1v) is 7.30. The molecule has 0 aliphatic carbocycles. The van der Waals surface area contributed by atoms with Gasteiger partial charge in [0.2, 0.25) is 5.95 Å². The topological polar surface area (TPSA) is 67.1 Å². The van der Waals surface area contributed by atoms with Gasteiger partial charge in [0.05, 0.1) is 5.39 Å². The number of hydrogen-bond donors (Lipinski definition) is 2. The summed E-state index contributed by atoms with van der Waals surface area (Å²) in [5.74, 6) is 1.20. The molecular weight excluding hydrogens is 258 g/mol. The van der Waals surface area contributed by atoms with Crippen molar-refractivity contribution in [1.29, 1.82) is 0 Å². The van der Waals surface area contributed by atoms with E-state index in [1.54, 1.807) is 11.3 Å². The predicted octanol–water partition coefficient (Wildman–Crippen LogP) is 2.34. The van der Waals surface area contributed by atoms with E-state index in [4.69, 9.17) is 5.73 Å². The van der Waals surface area contributed by atoms with Gasteiger partial charge in [0.15, 0.2) is 0 Å². The molecule has 6 heteroatoms. The highest BCUT2D eigenvalue weighted by Gasteiger charge is 2.08. The van der Waals surface area contributed by atoms with Crippen molar-refractivity contribution in [2.24, 2.45) is 0 Å². The SMILES string of the molecule is Cc1cc2c(NCCCCN(C)C)nc(N)nc2s1. The van der Waals surface area contributed by atoms with Crippen molar-refractivity contribution in [1.82, 2.24) is 14.9 Å². The molecule has 3 N–H and O–H groups in total. The Labute approximate surface area is 117 Å². The van der Waals surface area contributed by atoms with Crippen LogP contribution in [0.4, 0.5) is 11.8 Å². The van der Waals surface area contributed by atoms with E-state index in [1.807, 2.05) is 0 Å². The molecule has 2 heterocycles. The molecule has 0 aromatic carbocycles. The Morgan fingerprint density at radius 1 is 1.32 bits per heavy atom. The first-order valence-electron chi connectivity index (χ1n) is 6.48. The Bertz CT molecular complexity index is 549. The van der Waals surface area contributed by atoms with Crippen LogP contribution in [0.2, 0.25) is 0 Å². The molecule has 104 valence electrons. The normalized spacial score (nSPS) is 11.4. The second-order valence-electron chi connectivity index (χ2n) is 4.94. The first-order chi connectivity index (χ1) is 9.06. The summed E-state index contributed by atoms with van der Waals surface area (Å²) in [7, 11) is 4.19. The average Bonchev–Trinajstić information content (AvgIpc) is 2.68. The van der Waals surface area contributed by atoms with Crippen LogP contribution in [0.15, 0.2) is 6.07 Å². The Balaban J connectivity index is 1.99. The maximum Gasteiger partial charge on any atom is 0.223 e. The Kier molecular flexibility index (Phi) is 4.55. The summed E-state index contributed by atoms with van der Waals surface area (Å²) in [5, 5.41) is 4.45. The Hall–Kier alpha value is -1.40. The molecule has 5 nitrogen and oxygen atoms in total. The van der Waals surface area contributed by atoms with Crippen molar-refractivity contribution >= 4 is 33.3 Å². The van der Waals surface area contributed by atoms with Gasteiger partial charge in [-0.2, -0.15) is 4.98 Å². The molecule has 0 atom stereocenters. The number of nitrogens with one attached hydrogen (secondary N) is 1. The molecule has 19 heavy (non-hydrogen) atoms. The Morgan fingerprint density at radius 2 is 2.11 bits per heavy atom. The summed E-state index contributed by atoms with van der Waals surface area (Å²) >= 11 is 1.65. The highest BCUT2D eigenvalue weighted by molar-refractivity contribution is 7.18. The van der Waals surface area contributed by atoms with Crippen molar-refractivity contribution in [2.75, 3.05) is 38.2 Å². The minimum absolute atomic E-state index is 0.338. The zero-order valence-electron chi connectivity index (χ0n) is 11.7. The van der Waals surface area contributed by atoms with Crippen LogP contribution in [0.1, 0.15) is 17.7 Å². The van der Waals surface area contributed by atoms with Crippen molar-refractivity contribution < 1.29 is 0 Å². The molecule has 2 aromatic heterocycles. The van der Waals surface area contributed by atoms with Gasteiger partial charge in [0, 0.05) is 11.4 Å². The molecule has 0 spiro atoms. The van der Waals surface area contributed by atoms with Crippen LogP contribution in [0.5, 0.6) is 0 Å². The number of anilines is 2. The molecule has 0 aliphatic heterocycles. The van der Waals surface area contributed by atoms with Crippen molar-refractivity contribution in [3.8, 4) is 0 Å². The summed E-state index contributed by atoms with van der Waals surface area (Å²) in [6, 6.07) is 2.11. The number of aromatic nitrogens is 2. The number of thiophene rings is 1. The standard InChI is InChI=1S/C13H21N5S/c1-9-8-10-11(15-6-4-5-7-18(2)3)16-13(14)17-12(10)19-9/h8H,4-7H2,1-3H3,(H3,14,15,16,17). The van der Waals surface area contributed by atoms with Crippen molar-refractivity contribution in [2.45, 2.75) is 19.8 Å². The number of hydrogen-bond acceptors (Lipinski definition) is 6. The third kappa shape index (κ3) is 3.78. The molecule has 0 bridgehead atoms. The maximum atomic E-state index is 5.74. The second-order valence-corrected chi connectivity index (χ2v) is 6.18. The maximum absolute atomic E-state index is 5.74. The number of rotatable bonds is 6. The minimum Gasteiger partial charge on any atom is -0.369 e. The second kappa shape index (κ2) is 6.16. The number of unbranched alkanes of at least 4 members (excludes halogenated alkanes) is 1. The van der Waals surface area contributed by atoms with E-state index in [9.17, 15) is 0 Å². The van der Waals surface area contributed by atoms with Gasteiger partial charge in [0.25, 0.3) is 0 Å². The quantitative estimate of drug-likeness (QED) is 0.794. The van der Waals surface area contributed by atoms with Gasteiger partial charge in [-0.25, -0.2) is 4.98 Å². The van der Waals surface area contributed by atoms with E-state index < -0.39 is 0 Å².